The van der Waals surface area contributed by atoms with E-state index in [1.807, 2.05) is 0 Å². The Morgan fingerprint density at radius 2 is 0.525 bits per heavy atom. The Morgan fingerprint density at radius 1 is 0.303 bits per heavy atom. The number of hydrogen-bond donors (Lipinski definition) is 2. The third kappa shape index (κ3) is 81.2. The van der Waals surface area contributed by atoms with Gasteiger partial charge in [0.05, 0.1) is 13.2 Å². The molecule has 0 spiro atoms. The van der Waals surface area contributed by atoms with Crippen molar-refractivity contribution < 1.29 is 37.6 Å². The van der Waals surface area contributed by atoms with Crippen LogP contribution in [-0.4, -0.2) is 49.3 Å². The fourth-order valence-corrected chi connectivity index (χ4v) is 10.9. The van der Waals surface area contributed by atoms with Crippen molar-refractivity contribution in [3.63, 3.8) is 0 Å². The lowest BCUT2D eigenvalue weighted by molar-refractivity contribution is -0.161. The predicted molar refractivity (Wildman–Crippen MR) is 431 cm³/mol. The highest BCUT2D eigenvalue weighted by molar-refractivity contribution is 7.47. The van der Waals surface area contributed by atoms with Crippen LogP contribution in [0.3, 0.4) is 0 Å². The molecule has 0 aromatic rings. The highest BCUT2D eigenvalue weighted by Gasteiger charge is 2.26. The van der Waals surface area contributed by atoms with Gasteiger partial charge in [-0.2, -0.15) is 0 Å². The first-order valence-electron chi connectivity index (χ1n) is 39.2. The summed E-state index contributed by atoms with van der Waals surface area (Å²) in [5, 5.41) is 0. The molecule has 0 fully saturated rings. The number of carbonyl (C=O) groups excluding carboxylic acids is 2. The van der Waals surface area contributed by atoms with Crippen molar-refractivity contribution in [2.75, 3.05) is 26.4 Å². The van der Waals surface area contributed by atoms with Gasteiger partial charge in [0, 0.05) is 19.4 Å². The van der Waals surface area contributed by atoms with E-state index in [0.717, 1.165) is 173 Å². The van der Waals surface area contributed by atoms with E-state index in [9.17, 15) is 19.0 Å². The smallest absolute Gasteiger partial charge is 0.462 e. The van der Waals surface area contributed by atoms with Gasteiger partial charge in [0.2, 0.25) is 0 Å². The molecule has 2 atom stereocenters. The zero-order valence-electron chi connectivity index (χ0n) is 62.6. The number of phosphoric ester groups is 1. The molecule has 0 rings (SSSR count). The van der Waals surface area contributed by atoms with Crippen molar-refractivity contribution in [2.24, 2.45) is 5.73 Å². The zero-order valence-corrected chi connectivity index (χ0v) is 63.5. The molecule has 10 heteroatoms. The van der Waals surface area contributed by atoms with Crippen LogP contribution in [0.15, 0.2) is 219 Å². The number of esters is 2. The molecule has 0 aliphatic heterocycles. The van der Waals surface area contributed by atoms with Crippen LogP contribution in [0.25, 0.3) is 0 Å². The first-order chi connectivity index (χ1) is 48.8. The molecule has 556 valence electrons. The Kier molecular flexibility index (Phi) is 76.6. The summed E-state index contributed by atoms with van der Waals surface area (Å²) in [6, 6.07) is 0. The van der Waals surface area contributed by atoms with Gasteiger partial charge in [0.1, 0.15) is 6.61 Å². The topological polar surface area (TPSA) is 134 Å². The molecule has 3 N–H and O–H groups in total. The van der Waals surface area contributed by atoms with Gasteiger partial charge < -0.3 is 20.1 Å². The number of unbranched alkanes of at least 4 members (excludes halogenated alkanes) is 22. The summed E-state index contributed by atoms with van der Waals surface area (Å²) in [6.07, 6.45) is 126. The quantitative estimate of drug-likeness (QED) is 0.0264. The minimum absolute atomic E-state index is 0.0411. The highest BCUT2D eigenvalue weighted by atomic mass is 31.2. The van der Waals surface area contributed by atoms with Gasteiger partial charge in [0.25, 0.3) is 0 Å². The van der Waals surface area contributed by atoms with Crippen LogP contribution in [0.1, 0.15) is 296 Å². The largest absolute Gasteiger partial charge is 0.472 e. The number of ether oxygens (including phenoxy) is 2. The van der Waals surface area contributed by atoms with E-state index in [1.165, 1.54) is 89.9 Å². The molecule has 0 aromatic carbocycles. The lowest BCUT2D eigenvalue weighted by atomic mass is 10.0. The van der Waals surface area contributed by atoms with Crippen molar-refractivity contribution in [1.29, 1.82) is 0 Å². The first-order valence-corrected chi connectivity index (χ1v) is 40.7. The second-order valence-electron chi connectivity index (χ2n) is 25.1. The number of rotatable bonds is 71. The number of hydrogen-bond acceptors (Lipinski definition) is 8. The van der Waals surface area contributed by atoms with Crippen molar-refractivity contribution in [1.82, 2.24) is 0 Å². The molecule has 0 bridgehead atoms. The molecular weight excluding hydrogens is 1240 g/mol. The molecular formula is C89H142NO8P. The van der Waals surface area contributed by atoms with Crippen LogP contribution in [0, 0.1) is 0 Å². The van der Waals surface area contributed by atoms with Crippen LogP contribution in [0.5, 0.6) is 0 Å². The summed E-state index contributed by atoms with van der Waals surface area (Å²) in [7, 11) is -4.42. The summed E-state index contributed by atoms with van der Waals surface area (Å²) < 4.78 is 33.2. The monoisotopic (exact) mass is 1380 g/mol. The van der Waals surface area contributed by atoms with Crippen LogP contribution < -0.4 is 5.73 Å². The molecule has 99 heavy (non-hydrogen) atoms. The van der Waals surface area contributed by atoms with Crippen LogP contribution in [0.2, 0.25) is 0 Å². The van der Waals surface area contributed by atoms with E-state index in [-0.39, 0.29) is 32.6 Å². The van der Waals surface area contributed by atoms with Gasteiger partial charge in [-0.1, -0.05) is 348 Å². The van der Waals surface area contributed by atoms with Crippen LogP contribution in [0.4, 0.5) is 0 Å². The highest BCUT2D eigenvalue weighted by Crippen LogP contribution is 2.43. The zero-order chi connectivity index (χ0) is 71.5. The van der Waals surface area contributed by atoms with E-state index >= 15 is 0 Å². The average Bonchev–Trinajstić information content (AvgIpc) is 1.64. The SMILES string of the molecule is CC/C=C\C/C=C\C/C=C\C/C=C\C/C=C\C/C=C\C/C=C\C/C=C\C/C=C\C/C=C\CCCCCCCCC(=O)OC(COC(=O)CCCCCCCCCCCCCCCCCC/C=C\C/C=C\C/C=C\C/C=C\C/C=C\C/C=C\C/C=C\C/C=C\CC)COP(=O)(O)OCCN. The van der Waals surface area contributed by atoms with Crippen LogP contribution in [-0.2, 0) is 32.7 Å². The van der Waals surface area contributed by atoms with Gasteiger partial charge in [-0.15, -0.1) is 0 Å². The number of carbonyl (C=O) groups is 2. The fraction of sp³-hybridized carbons (Fsp3) is 0.573. The fourth-order valence-electron chi connectivity index (χ4n) is 10.2. The lowest BCUT2D eigenvalue weighted by Gasteiger charge is -2.19. The second kappa shape index (κ2) is 81.3. The molecule has 0 radical (unpaired) electrons. The van der Waals surface area contributed by atoms with Gasteiger partial charge in [-0.05, 0) is 154 Å². The standard InChI is InChI=1S/C89H142NO8P/c1-3-5-7-9-11-13-15-17-19-21-23-25-27-29-31-33-35-37-39-41-42-43-44-46-47-49-51-53-55-57-59-61-63-65-67-69-71-73-75-77-79-81-88(91)95-85-87(86-97-99(93,94)96-84-83-90)98-89(92)82-80-78-76-74-72-70-68-66-64-62-60-58-56-54-52-50-48-45-40-38-36-34-32-30-28-26-24-22-20-18-16-14-12-10-8-6-4-2/h5-8,11-14,17-20,23-26,29-32,35-38,41-42,44-46,48,52,54,58,60,64,66,87H,3-4,9-10,15-16,21-22,27-28,33-34,39-40,43,47,49-51,53,55-57,59,61-63,65,67-86,90H2,1-2H3,(H,93,94)/b7-5-,8-6-,13-11-,14-12-,19-17-,20-18-,25-23-,26-24-,31-29-,32-30-,37-35-,38-36-,42-41-,46-44-,48-45-,54-52-,60-58-,66-64-. The van der Waals surface area contributed by atoms with Gasteiger partial charge >= 0.3 is 19.8 Å². The molecule has 0 saturated carbocycles. The minimum Gasteiger partial charge on any atom is -0.462 e. The summed E-state index contributed by atoms with van der Waals surface area (Å²) in [6.45, 7) is 3.49. The molecule has 9 nitrogen and oxygen atoms in total. The Balaban J connectivity index is 3.94. The Labute approximate surface area is 607 Å². The average molecular weight is 1390 g/mol. The van der Waals surface area contributed by atoms with Gasteiger partial charge in [0.15, 0.2) is 6.10 Å². The second-order valence-corrected chi connectivity index (χ2v) is 26.6. The van der Waals surface area contributed by atoms with Gasteiger partial charge in [-0.25, -0.2) is 4.57 Å². The molecule has 0 aliphatic rings. The van der Waals surface area contributed by atoms with Gasteiger partial charge in [-0.3, -0.25) is 18.6 Å². The van der Waals surface area contributed by atoms with Crippen molar-refractivity contribution in [3.8, 4) is 0 Å². The summed E-state index contributed by atoms with van der Waals surface area (Å²) in [5.41, 5.74) is 5.41. The number of phosphoric acid groups is 1. The lowest BCUT2D eigenvalue weighted by Crippen LogP contribution is -2.29. The number of nitrogens with two attached hydrogens (primary N) is 1. The van der Waals surface area contributed by atoms with E-state index in [0.29, 0.717) is 6.42 Å². The minimum atomic E-state index is -4.42. The van der Waals surface area contributed by atoms with E-state index in [4.69, 9.17) is 24.3 Å². The maximum atomic E-state index is 12.8. The molecule has 0 aliphatic carbocycles. The normalized spacial score (nSPS) is 14.1. The van der Waals surface area contributed by atoms with Crippen molar-refractivity contribution in [3.05, 3.63) is 219 Å². The molecule has 0 amide bonds. The summed E-state index contributed by atoms with van der Waals surface area (Å²) in [4.78, 5) is 35.5. The van der Waals surface area contributed by atoms with E-state index in [2.05, 4.69) is 233 Å². The van der Waals surface area contributed by atoms with E-state index in [1.54, 1.807) is 0 Å². The number of allylic oxidation sites excluding steroid dienone is 36. The molecule has 0 saturated heterocycles. The Morgan fingerprint density at radius 3 is 0.778 bits per heavy atom. The summed E-state index contributed by atoms with van der Waals surface area (Å²) in [5.74, 6) is -0.853. The van der Waals surface area contributed by atoms with Crippen molar-refractivity contribution >= 4 is 19.8 Å². The maximum absolute atomic E-state index is 12.8. The first kappa shape index (κ1) is 93.3. The summed E-state index contributed by atoms with van der Waals surface area (Å²) >= 11 is 0. The van der Waals surface area contributed by atoms with E-state index < -0.39 is 32.5 Å². The maximum Gasteiger partial charge on any atom is 0.472 e. The van der Waals surface area contributed by atoms with Crippen LogP contribution >= 0.6 is 7.82 Å². The third-order valence-electron chi connectivity index (χ3n) is 15.9. The predicted octanol–water partition coefficient (Wildman–Crippen LogP) is 26.7. The third-order valence-corrected chi connectivity index (χ3v) is 16.8. The molecule has 0 aromatic heterocycles. The molecule has 2 unspecified atom stereocenters. The van der Waals surface area contributed by atoms with Crippen molar-refractivity contribution in [2.45, 2.75) is 302 Å². The Hall–Kier alpha value is -5.67. The Bertz CT molecular complexity index is 2440. The molecule has 0 heterocycles.